The second-order valence-electron chi connectivity index (χ2n) is 5.39. The molecular weight excluding hydrogens is 248 g/mol. The molecule has 6 nitrogen and oxygen atoms in total. The molecule has 0 radical (unpaired) electrons. The van der Waals surface area contributed by atoms with E-state index in [2.05, 4.69) is 10.1 Å². The molecule has 0 unspecified atom stereocenters. The Bertz CT molecular complexity index is 287. The smallest absolute Gasteiger partial charge is 0.306 e. The summed E-state index contributed by atoms with van der Waals surface area (Å²) in [4.78, 5) is 24.8. The third kappa shape index (κ3) is 10.5. The molecule has 0 atom stereocenters. The minimum atomic E-state index is -0.279. The number of methoxy groups -OCH3 is 2. The van der Waals surface area contributed by atoms with Gasteiger partial charge in [0.1, 0.15) is 0 Å². The Labute approximate surface area is 115 Å². The van der Waals surface area contributed by atoms with Crippen molar-refractivity contribution in [2.45, 2.75) is 32.7 Å². The Morgan fingerprint density at radius 2 is 1.79 bits per heavy atom. The van der Waals surface area contributed by atoms with Gasteiger partial charge in [-0.3, -0.25) is 14.5 Å². The lowest BCUT2D eigenvalue weighted by Crippen LogP contribution is -2.46. The highest BCUT2D eigenvalue weighted by Crippen LogP contribution is 2.00. The maximum atomic E-state index is 11.8. The second-order valence-corrected chi connectivity index (χ2v) is 5.39. The lowest BCUT2D eigenvalue weighted by molar-refractivity contribution is -0.141. The quantitative estimate of drug-likeness (QED) is 0.649. The van der Waals surface area contributed by atoms with Crippen LogP contribution in [0.15, 0.2) is 0 Å². The summed E-state index contributed by atoms with van der Waals surface area (Å²) >= 11 is 0. The number of amides is 1. The molecule has 1 amide bonds. The van der Waals surface area contributed by atoms with E-state index in [0.717, 1.165) is 0 Å². The van der Waals surface area contributed by atoms with Crippen LogP contribution in [0.25, 0.3) is 0 Å². The minimum absolute atomic E-state index is 0.0616. The Hall–Kier alpha value is -1.14. The van der Waals surface area contributed by atoms with Gasteiger partial charge in [-0.05, 0) is 20.8 Å². The van der Waals surface area contributed by atoms with Crippen LogP contribution in [0.1, 0.15) is 27.2 Å². The summed E-state index contributed by atoms with van der Waals surface area (Å²) in [5.41, 5.74) is -0.258. The molecule has 1 N–H and O–H groups in total. The fraction of sp³-hybridized carbons (Fsp3) is 0.846. The molecule has 0 saturated carbocycles. The van der Waals surface area contributed by atoms with E-state index in [-0.39, 0.29) is 30.4 Å². The molecule has 0 fully saturated rings. The van der Waals surface area contributed by atoms with Crippen molar-refractivity contribution in [3.05, 3.63) is 0 Å². The molecule has 0 aliphatic rings. The Kier molecular flexibility index (Phi) is 8.34. The van der Waals surface area contributed by atoms with Crippen LogP contribution in [0, 0.1) is 0 Å². The maximum absolute atomic E-state index is 11.8. The van der Waals surface area contributed by atoms with Gasteiger partial charge in [-0.15, -0.1) is 0 Å². The highest BCUT2D eigenvalue weighted by Gasteiger charge is 2.17. The Morgan fingerprint density at radius 1 is 1.16 bits per heavy atom. The van der Waals surface area contributed by atoms with Crippen LogP contribution in [0.5, 0.6) is 0 Å². The number of nitrogens with zero attached hydrogens (tertiary/aromatic N) is 1. The molecule has 0 aliphatic heterocycles. The predicted molar refractivity (Wildman–Crippen MR) is 72.8 cm³/mol. The fourth-order valence-corrected chi connectivity index (χ4v) is 1.50. The van der Waals surface area contributed by atoms with E-state index in [1.807, 2.05) is 25.7 Å². The summed E-state index contributed by atoms with van der Waals surface area (Å²) < 4.78 is 9.59. The van der Waals surface area contributed by atoms with Crippen LogP contribution in [-0.2, 0) is 19.1 Å². The molecule has 0 aromatic carbocycles. The van der Waals surface area contributed by atoms with E-state index in [9.17, 15) is 9.59 Å². The van der Waals surface area contributed by atoms with Gasteiger partial charge in [0.25, 0.3) is 0 Å². The third-order valence-electron chi connectivity index (χ3n) is 2.35. The summed E-state index contributed by atoms with van der Waals surface area (Å²) in [5, 5.41) is 2.89. The molecule has 19 heavy (non-hydrogen) atoms. The fourth-order valence-electron chi connectivity index (χ4n) is 1.50. The first-order chi connectivity index (χ1) is 8.78. The molecule has 0 aliphatic carbocycles. The first kappa shape index (κ1) is 17.9. The van der Waals surface area contributed by atoms with Crippen molar-refractivity contribution in [2.24, 2.45) is 0 Å². The number of rotatable bonds is 8. The van der Waals surface area contributed by atoms with Crippen molar-refractivity contribution >= 4 is 11.9 Å². The first-order valence-electron chi connectivity index (χ1n) is 6.37. The first-order valence-corrected chi connectivity index (χ1v) is 6.37. The van der Waals surface area contributed by atoms with Gasteiger partial charge < -0.3 is 14.8 Å². The van der Waals surface area contributed by atoms with Crippen molar-refractivity contribution in [3.63, 3.8) is 0 Å². The van der Waals surface area contributed by atoms with Crippen molar-refractivity contribution in [1.82, 2.24) is 10.2 Å². The van der Waals surface area contributed by atoms with E-state index in [0.29, 0.717) is 19.7 Å². The average Bonchev–Trinajstić information content (AvgIpc) is 2.29. The van der Waals surface area contributed by atoms with E-state index >= 15 is 0 Å². The summed E-state index contributed by atoms with van der Waals surface area (Å²) in [6, 6.07) is 0. The Balaban J connectivity index is 4.25. The predicted octanol–water partition coefficient (Wildman–Crippen LogP) is 0.413. The third-order valence-corrected chi connectivity index (χ3v) is 2.35. The van der Waals surface area contributed by atoms with Crippen LogP contribution in [0.3, 0.4) is 0 Å². The molecular formula is C13H26N2O4. The molecule has 0 rings (SSSR count). The number of nitrogens with one attached hydrogen (secondary N) is 1. The molecule has 0 aromatic rings. The van der Waals surface area contributed by atoms with E-state index in [1.165, 1.54) is 7.11 Å². The van der Waals surface area contributed by atoms with Crippen LogP contribution >= 0.6 is 0 Å². The van der Waals surface area contributed by atoms with E-state index in [1.54, 1.807) is 7.11 Å². The van der Waals surface area contributed by atoms with Crippen LogP contribution in [-0.4, -0.2) is 62.8 Å². The summed E-state index contributed by atoms with van der Waals surface area (Å²) in [6.45, 7) is 7.64. The second kappa shape index (κ2) is 8.87. The summed E-state index contributed by atoms with van der Waals surface area (Å²) in [7, 11) is 2.96. The van der Waals surface area contributed by atoms with Crippen molar-refractivity contribution in [1.29, 1.82) is 0 Å². The summed E-state index contributed by atoms with van der Waals surface area (Å²) in [5.74, 6) is -0.341. The van der Waals surface area contributed by atoms with Crippen LogP contribution in [0.4, 0.5) is 0 Å². The van der Waals surface area contributed by atoms with Crippen molar-refractivity contribution in [3.8, 4) is 0 Å². The highest BCUT2D eigenvalue weighted by molar-refractivity contribution is 5.78. The van der Waals surface area contributed by atoms with E-state index < -0.39 is 0 Å². The van der Waals surface area contributed by atoms with E-state index in [4.69, 9.17) is 4.74 Å². The normalized spacial score (nSPS) is 11.5. The lowest BCUT2D eigenvalue weighted by atomic mass is 10.1. The zero-order valence-electron chi connectivity index (χ0n) is 12.6. The number of hydrogen-bond acceptors (Lipinski definition) is 5. The SMILES string of the molecule is COCCN(CCC(=O)OC)CC(=O)NC(C)(C)C. The molecule has 0 aromatic heterocycles. The van der Waals surface area contributed by atoms with Gasteiger partial charge in [0, 0.05) is 25.7 Å². The van der Waals surface area contributed by atoms with Gasteiger partial charge in [0.2, 0.25) is 5.91 Å². The number of ether oxygens (including phenoxy) is 2. The van der Waals surface area contributed by atoms with Gasteiger partial charge in [0.15, 0.2) is 0 Å². The number of carbonyl (C=O) groups is 2. The van der Waals surface area contributed by atoms with Gasteiger partial charge in [-0.2, -0.15) is 0 Å². The molecule has 0 bridgehead atoms. The van der Waals surface area contributed by atoms with Crippen LogP contribution in [0.2, 0.25) is 0 Å². The van der Waals surface area contributed by atoms with Gasteiger partial charge in [0.05, 0.1) is 26.7 Å². The van der Waals surface area contributed by atoms with Crippen LogP contribution < -0.4 is 5.32 Å². The monoisotopic (exact) mass is 274 g/mol. The molecule has 0 spiro atoms. The lowest BCUT2D eigenvalue weighted by Gasteiger charge is -2.25. The molecule has 0 heterocycles. The van der Waals surface area contributed by atoms with Gasteiger partial charge in [-0.25, -0.2) is 0 Å². The van der Waals surface area contributed by atoms with Crippen molar-refractivity contribution in [2.75, 3.05) is 40.5 Å². The minimum Gasteiger partial charge on any atom is -0.469 e. The zero-order chi connectivity index (χ0) is 14.9. The highest BCUT2D eigenvalue weighted by atomic mass is 16.5. The van der Waals surface area contributed by atoms with Crippen molar-refractivity contribution < 1.29 is 19.1 Å². The van der Waals surface area contributed by atoms with Gasteiger partial charge >= 0.3 is 5.97 Å². The topological polar surface area (TPSA) is 67.9 Å². The molecule has 6 heteroatoms. The standard InChI is InChI=1S/C13H26N2O4/c1-13(2,3)14-11(16)10-15(8-9-18-4)7-6-12(17)19-5/h6-10H2,1-5H3,(H,14,16). The molecule has 112 valence electrons. The van der Waals surface area contributed by atoms with Gasteiger partial charge in [-0.1, -0.05) is 0 Å². The molecule has 0 saturated heterocycles. The average molecular weight is 274 g/mol. The number of carbonyl (C=O) groups excluding carboxylic acids is 2. The maximum Gasteiger partial charge on any atom is 0.306 e. The number of esters is 1. The Morgan fingerprint density at radius 3 is 2.26 bits per heavy atom. The summed E-state index contributed by atoms with van der Waals surface area (Å²) in [6.07, 6.45) is 0.267. The number of hydrogen-bond donors (Lipinski definition) is 1. The zero-order valence-corrected chi connectivity index (χ0v) is 12.6. The largest absolute Gasteiger partial charge is 0.469 e.